The first-order chi connectivity index (χ1) is 9.65. The van der Waals surface area contributed by atoms with E-state index < -0.39 is 11.6 Å². The van der Waals surface area contributed by atoms with E-state index in [0.717, 1.165) is 36.8 Å². The molecule has 0 spiro atoms. The van der Waals surface area contributed by atoms with Gasteiger partial charge in [-0.25, -0.2) is 0 Å². The van der Waals surface area contributed by atoms with Crippen LogP contribution in [0.1, 0.15) is 58.9 Å². The molecule has 0 aliphatic rings. The second-order valence-electron chi connectivity index (χ2n) is 4.80. The highest BCUT2D eigenvalue weighted by molar-refractivity contribution is 6.47. The van der Waals surface area contributed by atoms with Gasteiger partial charge in [-0.3, -0.25) is 9.59 Å². The Morgan fingerprint density at radius 2 is 1.25 bits per heavy atom. The van der Waals surface area contributed by atoms with Crippen molar-refractivity contribution >= 4 is 11.6 Å². The van der Waals surface area contributed by atoms with Crippen molar-refractivity contribution in [1.29, 1.82) is 0 Å². The normalized spacial score (nSPS) is 10.7. The minimum atomic E-state index is -0.662. The lowest BCUT2D eigenvalue weighted by atomic mass is 10.1. The fourth-order valence-corrected chi connectivity index (χ4v) is 2.05. The summed E-state index contributed by atoms with van der Waals surface area (Å²) in [6.45, 7) is 4.08. The van der Waals surface area contributed by atoms with E-state index in [9.17, 15) is 9.59 Å². The number of carbonyl (C=O) groups excluding carboxylic acids is 2. The molecule has 0 N–H and O–H groups in total. The lowest BCUT2D eigenvalue weighted by molar-refractivity contribution is 0.0785. The smallest absolute Gasteiger partial charge is 0.271 e. The first-order valence-electron chi connectivity index (χ1n) is 6.89. The van der Waals surface area contributed by atoms with Gasteiger partial charge in [0.15, 0.2) is 11.5 Å². The average Bonchev–Trinajstić information content (AvgIpc) is 3.07. The molecule has 4 nitrogen and oxygen atoms in total. The minimum Gasteiger partial charge on any atom is -0.460 e. The summed E-state index contributed by atoms with van der Waals surface area (Å²) >= 11 is 0. The Kier molecular flexibility index (Phi) is 4.56. The lowest BCUT2D eigenvalue weighted by Crippen LogP contribution is -2.12. The van der Waals surface area contributed by atoms with Gasteiger partial charge in [-0.05, 0) is 36.1 Å². The quantitative estimate of drug-likeness (QED) is 0.568. The molecule has 2 rings (SSSR count). The third-order valence-electron chi connectivity index (χ3n) is 3.04. The summed E-state index contributed by atoms with van der Waals surface area (Å²) < 4.78 is 10.3. The molecule has 0 radical (unpaired) electrons. The maximum atomic E-state index is 12.0. The van der Waals surface area contributed by atoms with Gasteiger partial charge < -0.3 is 8.83 Å². The zero-order valence-electron chi connectivity index (χ0n) is 11.8. The Labute approximate surface area is 117 Å². The molecule has 0 aliphatic carbocycles. The van der Waals surface area contributed by atoms with Gasteiger partial charge in [-0.1, -0.05) is 26.7 Å². The van der Waals surface area contributed by atoms with Gasteiger partial charge in [-0.15, -0.1) is 0 Å². The van der Waals surface area contributed by atoms with E-state index in [4.69, 9.17) is 8.83 Å². The van der Waals surface area contributed by atoms with Gasteiger partial charge in [0.05, 0.1) is 12.5 Å². The molecule has 0 atom stereocenters. The van der Waals surface area contributed by atoms with E-state index in [0.29, 0.717) is 0 Å². The Balaban J connectivity index is 2.12. The summed E-state index contributed by atoms with van der Waals surface area (Å²) in [5.74, 6) is -1.17. The van der Waals surface area contributed by atoms with E-state index in [1.54, 1.807) is 12.1 Å². The molecule has 2 aromatic rings. The van der Waals surface area contributed by atoms with Crippen molar-refractivity contribution in [2.24, 2.45) is 0 Å². The van der Waals surface area contributed by atoms with Crippen molar-refractivity contribution in [3.63, 3.8) is 0 Å². The van der Waals surface area contributed by atoms with E-state index in [1.165, 1.54) is 12.5 Å². The summed E-state index contributed by atoms with van der Waals surface area (Å²) in [5.41, 5.74) is 1.85. The van der Waals surface area contributed by atoms with Gasteiger partial charge in [-0.2, -0.15) is 0 Å². The van der Waals surface area contributed by atoms with Crippen molar-refractivity contribution in [3.05, 3.63) is 47.3 Å². The second kappa shape index (κ2) is 6.37. The molecule has 0 saturated carbocycles. The number of hydrogen-bond donors (Lipinski definition) is 0. The van der Waals surface area contributed by atoms with Gasteiger partial charge >= 0.3 is 0 Å². The number of Topliss-reactive ketones (excluding diaryl/α,β-unsaturated/α-hetero) is 2. The first kappa shape index (κ1) is 14.3. The van der Waals surface area contributed by atoms with E-state index in [-0.39, 0.29) is 11.5 Å². The van der Waals surface area contributed by atoms with E-state index in [1.807, 2.05) is 13.8 Å². The molecule has 4 heteroatoms. The number of ketones is 2. The zero-order chi connectivity index (χ0) is 14.5. The summed E-state index contributed by atoms with van der Waals surface area (Å²) in [6, 6.07) is 3.25. The summed E-state index contributed by atoms with van der Waals surface area (Å²) in [5, 5.41) is 0. The first-order valence-corrected chi connectivity index (χ1v) is 6.89. The predicted molar refractivity (Wildman–Crippen MR) is 74.1 cm³/mol. The molecule has 0 aromatic carbocycles. The van der Waals surface area contributed by atoms with Crippen LogP contribution < -0.4 is 0 Å². The van der Waals surface area contributed by atoms with Crippen molar-refractivity contribution in [2.75, 3.05) is 0 Å². The molecular formula is C16H18O4. The molecule has 106 valence electrons. The third-order valence-corrected chi connectivity index (χ3v) is 3.04. The molecule has 0 fully saturated rings. The maximum Gasteiger partial charge on any atom is 0.271 e. The van der Waals surface area contributed by atoms with Crippen LogP contribution in [0.2, 0.25) is 0 Å². The molecule has 0 aliphatic heterocycles. The van der Waals surface area contributed by atoms with Crippen LogP contribution >= 0.6 is 0 Å². The van der Waals surface area contributed by atoms with Gasteiger partial charge in [0, 0.05) is 0 Å². The highest BCUT2D eigenvalue weighted by Crippen LogP contribution is 2.16. The number of furan rings is 2. The molecule has 20 heavy (non-hydrogen) atoms. The van der Waals surface area contributed by atoms with Crippen LogP contribution in [-0.4, -0.2) is 11.6 Å². The number of hydrogen-bond acceptors (Lipinski definition) is 4. The number of carbonyl (C=O) groups is 2. The molecule has 2 aromatic heterocycles. The van der Waals surface area contributed by atoms with Crippen LogP contribution in [0.4, 0.5) is 0 Å². The third kappa shape index (κ3) is 3.07. The Morgan fingerprint density at radius 3 is 1.60 bits per heavy atom. The molecule has 0 bridgehead atoms. The van der Waals surface area contributed by atoms with Crippen molar-refractivity contribution < 1.29 is 18.4 Å². The lowest BCUT2D eigenvalue weighted by Gasteiger charge is -1.92. The highest BCUT2D eigenvalue weighted by atomic mass is 16.3. The minimum absolute atomic E-state index is 0.0758. The van der Waals surface area contributed by atoms with Crippen molar-refractivity contribution in [1.82, 2.24) is 0 Å². The summed E-state index contributed by atoms with van der Waals surface area (Å²) in [7, 11) is 0. The average molecular weight is 274 g/mol. The second-order valence-corrected chi connectivity index (χ2v) is 4.80. The zero-order valence-corrected chi connectivity index (χ0v) is 11.8. The monoisotopic (exact) mass is 274 g/mol. The summed E-state index contributed by atoms with van der Waals surface area (Å²) in [4.78, 5) is 24.1. The van der Waals surface area contributed by atoms with Crippen LogP contribution in [0.5, 0.6) is 0 Å². The summed E-state index contributed by atoms with van der Waals surface area (Å²) in [6.07, 6.45) is 6.61. The maximum absolute atomic E-state index is 12.0. The Morgan fingerprint density at radius 1 is 0.850 bits per heavy atom. The fourth-order valence-electron chi connectivity index (χ4n) is 2.05. The Hall–Kier alpha value is -2.10. The van der Waals surface area contributed by atoms with Crippen molar-refractivity contribution in [3.8, 4) is 0 Å². The topological polar surface area (TPSA) is 60.4 Å². The van der Waals surface area contributed by atoms with Gasteiger partial charge in [0.25, 0.3) is 11.6 Å². The Bertz CT molecular complexity index is 549. The largest absolute Gasteiger partial charge is 0.460 e. The molecule has 0 amide bonds. The van der Waals surface area contributed by atoms with Gasteiger partial charge in [0.1, 0.15) is 0 Å². The molecule has 0 saturated heterocycles. The number of rotatable bonds is 7. The molecular weight excluding hydrogens is 256 g/mol. The van der Waals surface area contributed by atoms with Crippen LogP contribution in [0, 0.1) is 0 Å². The van der Waals surface area contributed by atoms with Gasteiger partial charge in [0.2, 0.25) is 0 Å². The fraction of sp³-hybridized carbons (Fsp3) is 0.375. The van der Waals surface area contributed by atoms with Crippen LogP contribution in [0.15, 0.2) is 33.5 Å². The SMILES string of the molecule is CCCc1coc(C(=O)C(=O)c2cc(CCC)co2)c1. The molecule has 0 unspecified atom stereocenters. The standard InChI is InChI=1S/C16H18O4/c1-3-5-11-7-13(19-9-11)15(17)16(18)14-8-12(6-4-2)10-20-14/h7-10H,3-6H2,1-2H3. The van der Waals surface area contributed by atoms with E-state index >= 15 is 0 Å². The van der Waals surface area contributed by atoms with Crippen LogP contribution in [0.25, 0.3) is 0 Å². The van der Waals surface area contributed by atoms with Crippen LogP contribution in [0.3, 0.4) is 0 Å². The number of aryl methyl sites for hydroxylation is 2. The van der Waals surface area contributed by atoms with Crippen molar-refractivity contribution in [2.45, 2.75) is 39.5 Å². The van der Waals surface area contributed by atoms with E-state index in [2.05, 4.69) is 0 Å². The highest BCUT2D eigenvalue weighted by Gasteiger charge is 2.24. The van der Waals surface area contributed by atoms with Crippen LogP contribution in [-0.2, 0) is 12.8 Å². The predicted octanol–water partition coefficient (Wildman–Crippen LogP) is 3.84. The molecule has 2 heterocycles.